The van der Waals surface area contributed by atoms with Crippen LogP contribution in [0.5, 0.6) is 0 Å². The third-order valence-corrected chi connectivity index (χ3v) is 3.33. The van der Waals surface area contributed by atoms with Gasteiger partial charge in [-0.1, -0.05) is 68.0 Å². The number of hydrogen-bond acceptors (Lipinski definition) is 1. The lowest BCUT2D eigenvalue weighted by Crippen LogP contribution is -1.96. The molecule has 0 N–H and O–H groups in total. The van der Waals surface area contributed by atoms with Crippen LogP contribution in [0.3, 0.4) is 0 Å². The largest absolute Gasteiger partial charge is 0.381 e. The van der Waals surface area contributed by atoms with E-state index in [0.717, 1.165) is 13.2 Å². The maximum absolute atomic E-state index is 5.52. The van der Waals surface area contributed by atoms with Crippen LogP contribution in [0.1, 0.15) is 64.7 Å². The van der Waals surface area contributed by atoms with E-state index in [1.54, 1.807) is 0 Å². The molecule has 15 heavy (non-hydrogen) atoms. The van der Waals surface area contributed by atoms with E-state index in [1.165, 1.54) is 62.2 Å². The highest BCUT2D eigenvalue weighted by molar-refractivity contribution is 14.1. The number of rotatable bonds is 12. The third-order valence-electron chi connectivity index (χ3n) is 2.56. The van der Waals surface area contributed by atoms with Crippen molar-refractivity contribution in [2.75, 3.05) is 17.6 Å². The van der Waals surface area contributed by atoms with Crippen LogP contribution in [0.15, 0.2) is 0 Å². The number of halogens is 1. The normalized spacial score (nSPS) is 10.8. The van der Waals surface area contributed by atoms with Gasteiger partial charge in [-0.05, 0) is 23.7 Å². The van der Waals surface area contributed by atoms with Crippen molar-refractivity contribution in [1.29, 1.82) is 0 Å². The second-order valence-electron chi connectivity index (χ2n) is 4.13. The minimum atomic E-state index is 0.964. The SMILES string of the molecule is CCCCOCCCCCCCCCI. The molecule has 0 bridgehead atoms. The van der Waals surface area contributed by atoms with Gasteiger partial charge in [-0.3, -0.25) is 0 Å². The summed E-state index contributed by atoms with van der Waals surface area (Å²) in [6.45, 7) is 4.15. The molecule has 0 aliphatic heterocycles. The maximum atomic E-state index is 5.52. The summed E-state index contributed by atoms with van der Waals surface area (Å²) in [6, 6.07) is 0. The van der Waals surface area contributed by atoms with Crippen molar-refractivity contribution in [2.45, 2.75) is 64.7 Å². The molecule has 0 heterocycles. The molecular formula is C13H27IO. The second-order valence-corrected chi connectivity index (χ2v) is 5.21. The molecule has 1 nitrogen and oxygen atoms in total. The molecule has 0 atom stereocenters. The van der Waals surface area contributed by atoms with Gasteiger partial charge in [-0.15, -0.1) is 0 Å². The fourth-order valence-electron chi connectivity index (χ4n) is 1.53. The highest BCUT2D eigenvalue weighted by Gasteiger charge is 1.92. The summed E-state index contributed by atoms with van der Waals surface area (Å²) in [6.07, 6.45) is 12.2. The third kappa shape index (κ3) is 14.7. The van der Waals surface area contributed by atoms with E-state index < -0.39 is 0 Å². The van der Waals surface area contributed by atoms with Crippen LogP contribution in [0, 0.1) is 0 Å². The van der Waals surface area contributed by atoms with Crippen LogP contribution in [-0.4, -0.2) is 17.6 Å². The van der Waals surface area contributed by atoms with E-state index in [-0.39, 0.29) is 0 Å². The highest BCUT2D eigenvalue weighted by Crippen LogP contribution is 2.08. The zero-order chi connectivity index (χ0) is 11.2. The summed E-state index contributed by atoms with van der Waals surface area (Å²) in [5.41, 5.74) is 0. The molecule has 0 fully saturated rings. The Balaban J connectivity index is 2.81. The predicted molar refractivity (Wildman–Crippen MR) is 76.9 cm³/mol. The fraction of sp³-hybridized carbons (Fsp3) is 1.00. The minimum Gasteiger partial charge on any atom is -0.381 e. The van der Waals surface area contributed by atoms with Crippen LogP contribution >= 0.6 is 22.6 Å². The van der Waals surface area contributed by atoms with Gasteiger partial charge in [-0.2, -0.15) is 0 Å². The molecule has 0 aromatic rings. The van der Waals surface area contributed by atoms with Gasteiger partial charge in [-0.25, -0.2) is 0 Å². The molecule has 0 amide bonds. The van der Waals surface area contributed by atoms with Crippen molar-refractivity contribution in [2.24, 2.45) is 0 Å². The van der Waals surface area contributed by atoms with Crippen molar-refractivity contribution in [3.63, 3.8) is 0 Å². The molecule has 0 aromatic carbocycles. The summed E-state index contributed by atoms with van der Waals surface area (Å²) in [7, 11) is 0. The van der Waals surface area contributed by atoms with Crippen molar-refractivity contribution >= 4 is 22.6 Å². The van der Waals surface area contributed by atoms with Crippen molar-refractivity contribution in [3.05, 3.63) is 0 Å². The maximum Gasteiger partial charge on any atom is 0.0466 e. The zero-order valence-corrected chi connectivity index (χ0v) is 12.4. The highest BCUT2D eigenvalue weighted by atomic mass is 127. The molecule has 0 rings (SSSR count). The summed E-state index contributed by atoms with van der Waals surface area (Å²) < 4.78 is 6.84. The van der Waals surface area contributed by atoms with Gasteiger partial charge in [0.1, 0.15) is 0 Å². The first-order chi connectivity index (χ1) is 7.41. The molecule has 0 spiro atoms. The first-order valence-corrected chi connectivity index (χ1v) is 8.08. The molecule has 0 saturated heterocycles. The van der Waals surface area contributed by atoms with Gasteiger partial charge < -0.3 is 4.74 Å². The number of hydrogen-bond donors (Lipinski definition) is 0. The van der Waals surface area contributed by atoms with Crippen LogP contribution in [-0.2, 0) is 4.74 Å². The lowest BCUT2D eigenvalue weighted by atomic mass is 10.1. The Morgan fingerprint density at radius 1 is 0.733 bits per heavy atom. The van der Waals surface area contributed by atoms with Gasteiger partial charge in [0, 0.05) is 13.2 Å². The molecule has 0 saturated carbocycles. The van der Waals surface area contributed by atoms with E-state index in [4.69, 9.17) is 4.74 Å². The van der Waals surface area contributed by atoms with E-state index in [1.807, 2.05) is 0 Å². The number of unbranched alkanes of at least 4 members (excludes halogenated alkanes) is 7. The second kappa shape index (κ2) is 14.7. The van der Waals surface area contributed by atoms with Crippen molar-refractivity contribution < 1.29 is 4.74 Å². The molecule has 0 aromatic heterocycles. The van der Waals surface area contributed by atoms with Crippen LogP contribution in [0.4, 0.5) is 0 Å². The van der Waals surface area contributed by atoms with Crippen molar-refractivity contribution in [1.82, 2.24) is 0 Å². The fourth-order valence-corrected chi connectivity index (χ4v) is 2.07. The molecule has 0 unspecified atom stereocenters. The topological polar surface area (TPSA) is 9.23 Å². The average molecular weight is 326 g/mol. The molecule has 0 aliphatic rings. The van der Waals surface area contributed by atoms with Gasteiger partial charge in [0.05, 0.1) is 0 Å². The molecule has 0 radical (unpaired) electrons. The lowest BCUT2D eigenvalue weighted by molar-refractivity contribution is 0.127. The molecule has 92 valence electrons. The average Bonchev–Trinajstić information content (AvgIpc) is 2.26. The Labute approximate surface area is 109 Å². The monoisotopic (exact) mass is 326 g/mol. The molecule has 0 aliphatic carbocycles. The number of ether oxygens (including phenoxy) is 1. The van der Waals surface area contributed by atoms with Gasteiger partial charge in [0.2, 0.25) is 0 Å². The molecular weight excluding hydrogens is 299 g/mol. The molecule has 2 heteroatoms. The van der Waals surface area contributed by atoms with Crippen LogP contribution in [0.25, 0.3) is 0 Å². The predicted octanol–water partition coefficient (Wildman–Crippen LogP) is 4.97. The van der Waals surface area contributed by atoms with Crippen molar-refractivity contribution in [3.8, 4) is 0 Å². The van der Waals surface area contributed by atoms with E-state index in [0.29, 0.717) is 0 Å². The Morgan fingerprint density at radius 3 is 1.87 bits per heavy atom. The lowest BCUT2D eigenvalue weighted by Gasteiger charge is -2.03. The first-order valence-electron chi connectivity index (χ1n) is 6.55. The summed E-state index contributed by atoms with van der Waals surface area (Å²) in [5, 5.41) is 0. The Morgan fingerprint density at radius 2 is 1.27 bits per heavy atom. The Hall–Kier alpha value is 0.690. The van der Waals surface area contributed by atoms with E-state index in [2.05, 4.69) is 29.5 Å². The van der Waals surface area contributed by atoms with Crippen LogP contribution in [0.2, 0.25) is 0 Å². The Bertz CT molecular complexity index is 94.7. The van der Waals surface area contributed by atoms with Crippen LogP contribution < -0.4 is 0 Å². The van der Waals surface area contributed by atoms with Gasteiger partial charge in [0.15, 0.2) is 0 Å². The smallest absolute Gasteiger partial charge is 0.0466 e. The summed E-state index contributed by atoms with van der Waals surface area (Å²) in [5.74, 6) is 0. The zero-order valence-electron chi connectivity index (χ0n) is 10.3. The number of alkyl halides is 1. The standard InChI is InChI=1S/C13H27IO/c1-2-3-12-15-13-10-8-6-4-5-7-9-11-14/h2-13H2,1H3. The Kier molecular flexibility index (Phi) is 15.4. The summed E-state index contributed by atoms with van der Waals surface area (Å²) >= 11 is 2.46. The van der Waals surface area contributed by atoms with Gasteiger partial charge >= 0.3 is 0 Å². The van der Waals surface area contributed by atoms with Gasteiger partial charge in [0.25, 0.3) is 0 Å². The minimum absolute atomic E-state index is 0.964. The quantitative estimate of drug-likeness (QED) is 0.279. The van der Waals surface area contributed by atoms with E-state index >= 15 is 0 Å². The van der Waals surface area contributed by atoms with E-state index in [9.17, 15) is 0 Å². The first kappa shape index (κ1) is 15.7. The summed E-state index contributed by atoms with van der Waals surface area (Å²) in [4.78, 5) is 0.